The average molecular weight is 281 g/mol. The van der Waals surface area contributed by atoms with Crippen LogP contribution in [0, 0.1) is 0 Å². The first-order chi connectivity index (χ1) is 10.3. The Kier molecular flexibility index (Phi) is 4.69. The van der Waals surface area contributed by atoms with Gasteiger partial charge in [-0.1, -0.05) is 54.6 Å². The molecule has 0 bridgehead atoms. The summed E-state index contributed by atoms with van der Waals surface area (Å²) in [4.78, 5) is 0. The van der Waals surface area contributed by atoms with Crippen LogP contribution in [0.2, 0.25) is 0 Å². The Morgan fingerprint density at radius 3 is 2.67 bits per heavy atom. The smallest absolute Gasteiger partial charge is 0.0978 e. The van der Waals surface area contributed by atoms with Gasteiger partial charge in [0.1, 0.15) is 0 Å². The van der Waals surface area contributed by atoms with Crippen molar-refractivity contribution in [1.82, 2.24) is 0 Å². The highest BCUT2D eigenvalue weighted by Gasteiger charge is 2.25. The van der Waals surface area contributed by atoms with E-state index in [-0.39, 0.29) is 12.1 Å². The molecule has 0 spiro atoms. The van der Waals surface area contributed by atoms with E-state index < -0.39 is 0 Å². The quantitative estimate of drug-likeness (QED) is 0.908. The Bertz CT molecular complexity index is 567. The molecule has 0 fully saturated rings. The molecule has 1 aliphatic heterocycles. The Morgan fingerprint density at radius 2 is 1.81 bits per heavy atom. The lowest BCUT2D eigenvalue weighted by molar-refractivity contribution is 0.0223. The van der Waals surface area contributed by atoms with Crippen LogP contribution in [0.5, 0.6) is 0 Å². The fourth-order valence-electron chi connectivity index (χ4n) is 3.12. The summed E-state index contributed by atoms with van der Waals surface area (Å²) >= 11 is 0. The second-order valence-electron chi connectivity index (χ2n) is 5.78. The molecular weight excluding hydrogens is 258 g/mol. The molecule has 2 aromatic rings. The summed E-state index contributed by atoms with van der Waals surface area (Å²) < 4.78 is 5.94. The van der Waals surface area contributed by atoms with Crippen molar-refractivity contribution in [3.05, 3.63) is 71.3 Å². The highest BCUT2D eigenvalue weighted by atomic mass is 16.5. The van der Waals surface area contributed by atoms with Gasteiger partial charge in [0.2, 0.25) is 0 Å². The number of aryl methyl sites for hydroxylation is 1. The van der Waals surface area contributed by atoms with E-state index in [0.29, 0.717) is 0 Å². The third kappa shape index (κ3) is 3.52. The van der Waals surface area contributed by atoms with Gasteiger partial charge in [-0.15, -0.1) is 0 Å². The maximum Gasteiger partial charge on any atom is 0.0978 e. The molecule has 3 rings (SSSR count). The minimum absolute atomic E-state index is 0.0609. The molecule has 0 radical (unpaired) electrons. The number of fused-ring (bicyclic) bond motifs is 1. The van der Waals surface area contributed by atoms with E-state index in [1.165, 1.54) is 16.7 Å². The molecule has 1 heterocycles. The van der Waals surface area contributed by atoms with E-state index in [4.69, 9.17) is 10.5 Å². The van der Waals surface area contributed by atoms with Gasteiger partial charge in [0.05, 0.1) is 12.7 Å². The lowest BCUT2D eigenvalue weighted by Gasteiger charge is -2.30. The third-order valence-electron chi connectivity index (χ3n) is 4.27. The molecule has 0 amide bonds. The first-order valence-electron chi connectivity index (χ1n) is 7.83. The second-order valence-corrected chi connectivity index (χ2v) is 5.78. The summed E-state index contributed by atoms with van der Waals surface area (Å²) in [7, 11) is 0. The Hall–Kier alpha value is -1.64. The van der Waals surface area contributed by atoms with Crippen LogP contribution in [0.1, 0.15) is 35.6 Å². The summed E-state index contributed by atoms with van der Waals surface area (Å²) in [5.41, 5.74) is 10.5. The van der Waals surface area contributed by atoms with Crippen molar-refractivity contribution in [2.75, 3.05) is 6.61 Å². The van der Waals surface area contributed by atoms with Crippen LogP contribution >= 0.6 is 0 Å². The van der Waals surface area contributed by atoms with Crippen LogP contribution in [-0.4, -0.2) is 12.6 Å². The number of hydrogen-bond acceptors (Lipinski definition) is 2. The van der Waals surface area contributed by atoms with Gasteiger partial charge in [-0.05, 0) is 42.4 Å². The van der Waals surface area contributed by atoms with Crippen LogP contribution in [-0.2, 0) is 17.6 Å². The molecule has 110 valence electrons. The van der Waals surface area contributed by atoms with Crippen LogP contribution in [0.15, 0.2) is 54.6 Å². The van der Waals surface area contributed by atoms with Gasteiger partial charge in [-0.3, -0.25) is 0 Å². The van der Waals surface area contributed by atoms with E-state index in [2.05, 4.69) is 54.6 Å². The molecule has 2 aromatic carbocycles. The zero-order valence-electron chi connectivity index (χ0n) is 12.4. The van der Waals surface area contributed by atoms with Crippen molar-refractivity contribution >= 4 is 0 Å². The molecular formula is C19H23NO. The molecule has 2 N–H and O–H groups in total. The first kappa shape index (κ1) is 14.3. The fraction of sp³-hybridized carbons (Fsp3) is 0.368. The normalized spacial score (nSPS) is 19.0. The Balaban J connectivity index is 1.58. The lowest BCUT2D eigenvalue weighted by atomic mass is 9.91. The highest BCUT2D eigenvalue weighted by Crippen LogP contribution is 2.30. The van der Waals surface area contributed by atoms with Crippen molar-refractivity contribution in [3.63, 3.8) is 0 Å². The van der Waals surface area contributed by atoms with Crippen molar-refractivity contribution < 1.29 is 4.74 Å². The summed E-state index contributed by atoms with van der Waals surface area (Å²) in [5.74, 6) is 0. The van der Waals surface area contributed by atoms with Gasteiger partial charge in [0, 0.05) is 6.04 Å². The van der Waals surface area contributed by atoms with E-state index in [9.17, 15) is 0 Å². The second kappa shape index (κ2) is 6.88. The molecule has 2 atom stereocenters. The van der Waals surface area contributed by atoms with Crippen LogP contribution in [0.3, 0.4) is 0 Å². The number of benzene rings is 2. The SMILES string of the molecule is NC(CCCc1ccccc1)C1OCCc2ccccc21. The predicted molar refractivity (Wildman–Crippen MR) is 86.2 cm³/mol. The van der Waals surface area contributed by atoms with Crippen molar-refractivity contribution in [3.8, 4) is 0 Å². The number of nitrogens with two attached hydrogens (primary N) is 1. The molecule has 2 nitrogen and oxygen atoms in total. The van der Waals surface area contributed by atoms with Gasteiger partial charge < -0.3 is 10.5 Å². The zero-order valence-corrected chi connectivity index (χ0v) is 12.4. The minimum Gasteiger partial charge on any atom is -0.372 e. The number of hydrogen-bond donors (Lipinski definition) is 1. The van der Waals surface area contributed by atoms with Gasteiger partial charge in [0.25, 0.3) is 0 Å². The van der Waals surface area contributed by atoms with Gasteiger partial charge in [0.15, 0.2) is 0 Å². The van der Waals surface area contributed by atoms with E-state index in [1.807, 2.05) is 0 Å². The van der Waals surface area contributed by atoms with Gasteiger partial charge in [-0.25, -0.2) is 0 Å². The maximum atomic E-state index is 6.40. The van der Waals surface area contributed by atoms with E-state index in [0.717, 1.165) is 32.3 Å². The van der Waals surface area contributed by atoms with Crippen LogP contribution in [0.4, 0.5) is 0 Å². The topological polar surface area (TPSA) is 35.2 Å². The minimum atomic E-state index is 0.0609. The lowest BCUT2D eigenvalue weighted by Crippen LogP contribution is -2.33. The maximum absolute atomic E-state index is 6.40. The van der Waals surface area contributed by atoms with E-state index >= 15 is 0 Å². The van der Waals surface area contributed by atoms with E-state index in [1.54, 1.807) is 0 Å². The molecule has 0 saturated heterocycles. The molecule has 21 heavy (non-hydrogen) atoms. The average Bonchev–Trinajstić information content (AvgIpc) is 2.55. The summed E-state index contributed by atoms with van der Waals surface area (Å²) in [6.45, 7) is 0.786. The Morgan fingerprint density at radius 1 is 1.05 bits per heavy atom. The predicted octanol–water partition coefficient (Wildman–Crippen LogP) is 3.65. The molecule has 2 heteroatoms. The summed E-state index contributed by atoms with van der Waals surface area (Å²) in [6, 6.07) is 19.2. The monoisotopic (exact) mass is 281 g/mol. The van der Waals surface area contributed by atoms with Crippen LogP contribution < -0.4 is 5.73 Å². The van der Waals surface area contributed by atoms with Gasteiger partial charge >= 0.3 is 0 Å². The first-order valence-corrected chi connectivity index (χ1v) is 7.83. The van der Waals surface area contributed by atoms with Crippen molar-refractivity contribution in [2.45, 2.75) is 37.8 Å². The van der Waals surface area contributed by atoms with Crippen LogP contribution in [0.25, 0.3) is 0 Å². The standard InChI is InChI=1S/C19H23NO/c20-18(12-6-9-15-7-2-1-3-8-15)19-17-11-5-4-10-16(17)13-14-21-19/h1-5,7-8,10-11,18-19H,6,9,12-14,20H2. The van der Waals surface area contributed by atoms with Crippen molar-refractivity contribution in [1.29, 1.82) is 0 Å². The molecule has 0 aliphatic carbocycles. The summed E-state index contributed by atoms with van der Waals surface area (Å²) in [6.07, 6.45) is 4.25. The summed E-state index contributed by atoms with van der Waals surface area (Å²) in [5, 5.41) is 0. The number of rotatable bonds is 5. The Labute approximate surface area is 126 Å². The molecule has 2 unspecified atom stereocenters. The van der Waals surface area contributed by atoms with Gasteiger partial charge in [-0.2, -0.15) is 0 Å². The van der Waals surface area contributed by atoms with Crippen molar-refractivity contribution in [2.24, 2.45) is 5.73 Å². The molecule has 1 aliphatic rings. The third-order valence-corrected chi connectivity index (χ3v) is 4.27. The zero-order chi connectivity index (χ0) is 14.5. The largest absolute Gasteiger partial charge is 0.372 e. The number of ether oxygens (including phenoxy) is 1. The fourth-order valence-corrected chi connectivity index (χ4v) is 3.12. The molecule has 0 saturated carbocycles. The molecule has 0 aromatic heterocycles. The highest BCUT2D eigenvalue weighted by molar-refractivity contribution is 5.31.